The molecule has 100 valence electrons. The van der Waals surface area contributed by atoms with Crippen molar-refractivity contribution in [2.45, 2.75) is 32.6 Å². The van der Waals surface area contributed by atoms with Crippen LogP contribution in [0, 0.1) is 5.92 Å². The van der Waals surface area contributed by atoms with Crippen LogP contribution in [0.15, 0.2) is 30.3 Å². The fourth-order valence-electron chi connectivity index (χ4n) is 1.79. The molecule has 0 fully saturated rings. The molecule has 0 bridgehead atoms. The maximum absolute atomic E-state index is 11.9. The molecule has 0 aromatic heterocycles. The molecule has 0 aliphatic carbocycles. The van der Waals surface area contributed by atoms with Gasteiger partial charge in [-0.2, -0.15) is 0 Å². The molecule has 0 saturated heterocycles. The second-order valence-electron chi connectivity index (χ2n) is 4.83. The van der Waals surface area contributed by atoms with Crippen LogP contribution in [-0.4, -0.2) is 17.8 Å². The average molecular weight is 312 g/mol. The van der Waals surface area contributed by atoms with Crippen LogP contribution >= 0.6 is 15.9 Å². The third kappa shape index (κ3) is 5.21. The average Bonchev–Trinajstić information content (AvgIpc) is 2.43. The van der Waals surface area contributed by atoms with Crippen LogP contribution in [0.1, 0.15) is 38.2 Å². The van der Waals surface area contributed by atoms with Crippen molar-refractivity contribution in [3.63, 3.8) is 0 Å². The number of hydrogen-bond acceptors (Lipinski definition) is 1. The van der Waals surface area contributed by atoms with Crippen molar-refractivity contribution in [3.8, 4) is 0 Å². The number of hydrogen-bond donors (Lipinski definition) is 1. The van der Waals surface area contributed by atoms with Gasteiger partial charge in [0.25, 0.3) is 0 Å². The molecule has 0 aliphatic heterocycles. The highest BCUT2D eigenvalue weighted by molar-refractivity contribution is 9.09. The van der Waals surface area contributed by atoms with Gasteiger partial charge in [0.15, 0.2) is 0 Å². The Labute approximate surface area is 118 Å². The molecule has 1 rings (SSSR count). The fraction of sp³-hybridized carbons (Fsp3) is 0.533. The summed E-state index contributed by atoms with van der Waals surface area (Å²) in [5, 5.41) is 4.04. The highest BCUT2D eigenvalue weighted by Gasteiger charge is 2.13. The lowest BCUT2D eigenvalue weighted by molar-refractivity contribution is -0.122. The number of benzene rings is 1. The van der Waals surface area contributed by atoms with Crippen molar-refractivity contribution in [2.24, 2.45) is 5.92 Å². The summed E-state index contributed by atoms with van der Waals surface area (Å²) in [5.41, 5.74) is 1.07. The zero-order valence-corrected chi connectivity index (χ0v) is 12.7. The monoisotopic (exact) mass is 311 g/mol. The lowest BCUT2D eigenvalue weighted by Gasteiger charge is -2.13. The predicted octanol–water partition coefficient (Wildman–Crippen LogP) is 3.72. The molecule has 1 N–H and O–H groups in total. The number of halogens is 1. The summed E-state index contributed by atoms with van der Waals surface area (Å²) in [6, 6.07) is 9.90. The van der Waals surface area contributed by atoms with E-state index >= 15 is 0 Å². The summed E-state index contributed by atoms with van der Waals surface area (Å²) in [7, 11) is 0. The Morgan fingerprint density at radius 3 is 2.56 bits per heavy atom. The molecule has 2 unspecified atom stereocenters. The molecule has 0 spiro atoms. The predicted molar refractivity (Wildman–Crippen MR) is 80.1 cm³/mol. The maximum Gasteiger partial charge on any atom is 0.227 e. The van der Waals surface area contributed by atoms with Gasteiger partial charge in [-0.3, -0.25) is 4.79 Å². The molecule has 1 amide bonds. The van der Waals surface area contributed by atoms with E-state index in [9.17, 15) is 4.79 Å². The van der Waals surface area contributed by atoms with Crippen LogP contribution in [0.2, 0.25) is 0 Å². The third-order valence-electron chi connectivity index (χ3n) is 3.13. The Kier molecular flexibility index (Phi) is 7.02. The summed E-state index contributed by atoms with van der Waals surface area (Å²) in [5.74, 6) is 0.723. The summed E-state index contributed by atoms with van der Waals surface area (Å²) in [4.78, 5) is 11.9. The molecule has 0 aliphatic rings. The van der Waals surface area contributed by atoms with E-state index in [-0.39, 0.29) is 11.8 Å². The van der Waals surface area contributed by atoms with Crippen LogP contribution in [0.25, 0.3) is 0 Å². The molecule has 18 heavy (non-hydrogen) atoms. The van der Waals surface area contributed by atoms with Crippen LogP contribution in [0.3, 0.4) is 0 Å². The first-order chi connectivity index (χ1) is 8.65. The Bertz CT molecular complexity index is 353. The minimum absolute atomic E-state index is 0.0696. The lowest BCUT2D eigenvalue weighted by Crippen LogP contribution is -2.29. The molecule has 0 radical (unpaired) electrons. The Morgan fingerprint density at radius 2 is 1.94 bits per heavy atom. The van der Waals surface area contributed by atoms with E-state index in [4.69, 9.17) is 0 Å². The normalized spacial score (nSPS) is 13.9. The molecule has 3 heteroatoms. The van der Waals surface area contributed by atoms with E-state index < -0.39 is 0 Å². The second kappa shape index (κ2) is 8.30. The van der Waals surface area contributed by atoms with Crippen LogP contribution in [-0.2, 0) is 4.79 Å². The van der Waals surface area contributed by atoms with Gasteiger partial charge in [0.2, 0.25) is 5.91 Å². The number of nitrogens with one attached hydrogen (secondary N) is 1. The summed E-state index contributed by atoms with van der Waals surface area (Å²) >= 11 is 3.46. The van der Waals surface area contributed by atoms with Crippen LogP contribution in [0.5, 0.6) is 0 Å². The van der Waals surface area contributed by atoms with Gasteiger partial charge in [-0.15, -0.1) is 0 Å². The van der Waals surface area contributed by atoms with Crippen molar-refractivity contribution in [3.05, 3.63) is 35.9 Å². The highest BCUT2D eigenvalue weighted by atomic mass is 79.9. The highest BCUT2D eigenvalue weighted by Crippen LogP contribution is 2.14. The van der Waals surface area contributed by atoms with Crippen LogP contribution in [0.4, 0.5) is 0 Å². The standard InChI is InChI=1S/C15H22BrNO/c1-12(11-16)7-6-10-17-15(18)13(2)14-8-4-3-5-9-14/h3-5,8-9,12-13H,6-7,10-11H2,1-2H3,(H,17,18). The molecule has 0 heterocycles. The van der Waals surface area contributed by atoms with Gasteiger partial charge in [0.05, 0.1) is 5.92 Å². The van der Waals surface area contributed by atoms with Gasteiger partial charge < -0.3 is 5.32 Å². The van der Waals surface area contributed by atoms with E-state index in [0.29, 0.717) is 5.92 Å². The Hall–Kier alpha value is -0.830. The third-order valence-corrected chi connectivity index (χ3v) is 4.23. The van der Waals surface area contributed by atoms with Crippen molar-refractivity contribution in [1.82, 2.24) is 5.32 Å². The van der Waals surface area contributed by atoms with Crippen molar-refractivity contribution in [2.75, 3.05) is 11.9 Å². The molecule has 1 aromatic carbocycles. The van der Waals surface area contributed by atoms with Crippen molar-refractivity contribution in [1.29, 1.82) is 0 Å². The zero-order valence-electron chi connectivity index (χ0n) is 11.2. The molecule has 2 atom stereocenters. The van der Waals surface area contributed by atoms with E-state index in [0.717, 1.165) is 30.3 Å². The van der Waals surface area contributed by atoms with Crippen LogP contribution < -0.4 is 5.32 Å². The lowest BCUT2D eigenvalue weighted by atomic mass is 10.0. The number of rotatable bonds is 7. The Balaban J connectivity index is 2.29. The number of carbonyl (C=O) groups is 1. The molecule has 0 saturated carbocycles. The van der Waals surface area contributed by atoms with E-state index in [2.05, 4.69) is 28.2 Å². The van der Waals surface area contributed by atoms with E-state index in [1.54, 1.807) is 0 Å². The topological polar surface area (TPSA) is 29.1 Å². The fourth-order valence-corrected chi connectivity index (χ4v) is 2.11. The maximum atomic E-state index is 11.9. The first kappa shape index (κ1) is 15.2. The number of alkyl halides is 1. The van der Waals surface area contributed by atoms with E-state index in [1.807, 2.05) is 37.3 Å². The molecule has 1 aromatic rings. The number of amides is 1. The van der Waals surface area contributed by atoms with Gasteiger partial charge in [0.1, 0.15) is 0 Å². The first-order valence-corrected chi connectivity index (χ1v) is 7.66. The number of carbonyl (C=O) groups excluding carboxylic acids is 1. The largest absolute Gasteiger partial charge is 0.356 e. The minimum Gasteiger partial charge on any atom is -0.356 e. The summed E-state index contributed by atoms with van der Waals surface area (Å²) < 4.78 is 0. The Morgan fingerprint density at radius 1 is 1.28 bits per heavy atom. The molecule has 2 nitrogen and oxygen atoms in total. The molecular weight excluding hydrogens is 290 g/mol. The quantitative estimate of drug-likeness (QED) is 0.603. The van der Waals surface area contributed by atoms with Gasteiger partial charge in [0, 0.05) is 11.9 Å². The second-order valence-corrected chi connectivity index (χ2v) is 5.47. The molecular formula is C15H22BrNO. The van der Waals surface area contributed by atoms with Crippen molar-refractivity contribution < 1.29 is 4.79 Å². The van der Waals surface area contributed by atoms with Gasteiger partial charge in [-0.25, -0.2) is 0 Å². The smallest absolute Gasteiger partial charge is 0.227 e. The zero-order chi connectivity index (χ0) is 13.4. The van der Waals surface area contributed by atoms with E-state index in [1.165, 1.54) is 0 Å². The summed E-state index contributed by atoms with van der Waals surface area (Å²) in [6.45, 7) is 4.93. The SMILES string of the molecule is CC(CBr)CCCNC(=O)C(C)c1ccccc1. The van der Waals surface area contributed by atoms with Crippen molar-refractivity contribution >= 4 is 21.8 Å². The first-order valence-electron chi connectivity index (χ1n) is 6.53. The van der Waals surface area contributed by atoms with Gasteiger partial charge in [-0.1, -0.05) is 53.2 Å². The minimum atomic E-state index is -0.0696. The van der Waals surface area contributed by atoms with Gasteiger partial charge in [-0.05, 0) is 31.2 Å². The van der Waals surface area contributed by atoms with Gasteiger partial charge >= 0.3 is 0 Å². The summed E-state index contributed by atoms with van der Waals surface area (Å²) in [6.07, 6.45) is 2.19.